The molecule has 0 nitrogen and oxygen atoms in total. The summed E-state index contributed by atoms with van der Waals surface area (Å²) in [7, 11) is 0. The summed E-state index contributed by atoms with van der Waals surface area (Å²) >= 11 is 3.53. The number of hydrogen-bond acceptors (Lipinski definition) is 2. The monoisotopic (exact) mass is 166 g/mol. The second-order valence-electron chi connectivity index (χ2n) is 1.99. The van der Waals surface area contributed by atoms with Crippen molar-refractivity contribution in [2.45, 2.75) is 0 Å². The molecule has 0 unspecified atom stereocenters. The Morgan fingerprint density at radius 3 is 2.70 bits per heavy atom. The molecule has 0 aliphatic heterocycles. The van der Waals surface area contributed by atoms with Crippen LogP contribution in [-0.2, 0) is 0 Å². The van der Waals surface area contributed by atoms with E-state index in [9.17, 15) is 0 Å². The highest BCUT2D eigenvalue weighted by Gasteiger charge is 1.95. The van der Waals surface area contributed by atoms with Crippen molar-refractivity contribution in [1.29, 1.82) is 0 Å². The van der Waals surface area contributed by atoms with E-state index >= 15 is 0 Å². The molecule has 0 bridgehead atoms. The summed E-state index contributed by atoms with van der Waals surface area (Å²) in [6, 6.07) is 6.38. The average molecular weight is 166 g/mol. The maximum Gasteiger partial charge on any atom is 0.0351 e. The Hall–Kier alpha value is -0.600. The molecule has 0 radical (unpaired) electrons. The maximum absolute atomic E-state index is 2.17. The van der Waals surface area contributed by atoms with Crippen LogP contribution in [0.1, 0.15) is 0 Å². The summed E-state index contributed by atoms with van der Waals surface area (Å²) in [5, 5.41) is 6.38. The van der Waals surface area contributed by atoms with E-state index in [1.807, 2.05) is 0 Å². The SMILES string of the molecule is c1csc(-c2ccsc2)c1. The van der Waals surface area contributed by atoms with Crippen molar-refractivity contribution in [3.8, 4) is 10.4 Å². The van der Waals surface area contributed by atoms with Crippen molar-refractivity contribution in [2.75, 3.05) is 0 Å². The van der Waals surface area contributed by atoms with Crippen molar-refractivity contribution in [3.63, 3.8) is 0 Å². The van der Waals surface area contributed by atoms with Crippen molar-refractivity contribution >= 4 is 22.7 Å². The molecule has 0 saturated carbocycles. The highest BCUT2D eigenvalue weighted by atomic mass is 32.1. The van der Waals surface area contributed by atoms with Crippen molar-refractivity contribution < 1.29 is 0 Å². The molecule has 2 aromatic heterocycles. The molecule has 0 aliphatic carbocycles. The molecule has 2 heterocycles. The molecule has 0 N–H and O–H groups in total. The van der Waals surface area contributed by atoms with Crippen LogP contribution in [0.25, 0.3) is 10.4 Å². The van der Waals surface area contributed by atoms with Gasteiger partial charge in [0, 0.05) is 10.4 Å². The van der Waals surface area contributed by atoms with Gasteiger partial charge in [0.25, 0.3) is 0 Å². The first-order valence-corrected chi connectivity index (χ1v) is 4.85. The van der Waals surface area contributed by atoms with E-state index < -0.39 is 0 Å². The van der Waals surface area contributed by atoms with Gasteiger partial charge >= 0.3 is 0 Å². The Balaban J connectivity index is 2.48. The quantitative estimate of drug-likeness (QED) is 0.608. The van der Waals surface area contributed by atoms with Crippen LogP contribution in [0, 0.1) is 0 Å². The van der Waals surface area contributed by atoms with E-state index in [0.29, 0.717) is 0 Å². The second-order valence-corrected chi connectivity index (χ2v) is 3.72. The van der Waals surface area contributed by atoms with E-state index in [1.54, 1.807) is 22.7 Å². The van der Waals surface area contributed by atoms with Gasteiger partial charge in [0.1, 0.15) is 0 Å². The summed E-state index contributed by atoms with van der Waals surface area (Å²) in [6.45, 7) is 0. The summed E-state index contributed by atoms with van der Waals surface area (Å²) in [6.07, 6.45) is 0. The molecule has 0 aliphatic rings. The van der Waals surface area contributed by atoms with E-state index in [1.165, 1.54) is 10.4 Å². The molecule has 50 valence electrons. The minimum atomic E-state index is 1.35. The Kier molecular flexibility index (Phi) is 1.57. The fourth-order valence-electron chi connectivity index (χ4n) is 0.847. The molecular formula is C8H6S2. The van der Waals surface area contributed by atoms with Gasteiger partial charge in [-0.05, 0) is 28.3 Å². The number of hydrogen-bond donors (Lipinski definition) is 0. The summed E-state index contributed by atoms with van der Waals surface area (Å²) in [5.41, 5.74) is 1.35. The highest BCUT2D eigenvalue weighted by Crippen LogP contribution is 2.25. The van der Waals surface area contributed by atoms with Gasteiger partial charge in [-0.25, -0.2) is 0 Å². The van der Waals surface area contributed by atoms with Crippen molar-refractivity contribution in [2.24, 2.45) is 0 Å². The predicted octanol–water partition coefficient (Wildman–Crippen LogP) is 3.48. The predicted molar refractivity (Wildman–Crippen MR) is 47.6 cm³/mol. The van der Waals surface area contributed by atoms with Gasteiger partial charge in [0.2, 0.25) is 0 Å². The minimum absolute atomic E-state index is 1.35. The zero-order chi connectivity index (χ0) is 6.81. The lowest BCUT2D eigenvalue weighted by atomic mass is 10.3. The molecule has 0 fully saturated rings. The Morgan fingerprint density at radius 1 is 1.10 bits per heavy atom. The van der Waals surface area contributed by atoms with Gasteiger partial charge in [-0.1, -0.05) is 6.07 Å². The van der Waals surface area contributed by atoms with E-state index in [2.05, 4.69) is 34.3 Å². The highest BCUT2D eigenvalue weighted by molar-refractivity contribution is 7.14. The minimum Gasteiger partial charge on any atom is -0.152 e. The Morgan fingerprint density at radius 2 is 2.10 bits per heavy atom. The molecule has 2 aromatic rings. The third kappa shape index (κ3) is 1.00. The topological polar surface area (TPSA) is 0 Å². The first kappa shape index (κ1) is 6.13. The first-order chi connectivity index (χ1) is 4.97. The van der Waals surface area contributed by atoms with Crippen LogP contribution in [0.15, 0.2) is 34.3 Å². The summed E-state index contributed by atoms with van der Waals surface area (Å²) < 4.78 is 0. The zero-order valence-corrected chi connectivity index (χ0v) is 6.91. The van der Waals surface area contributed by atoms with Gasteiger partial charge in [-0.15, -0.1) is 11.3 Å². The lowest BCUT2D eigenvalue weighted by Gasteiger charge is -1.85. The first-order valence-electron chi connectivity index (χ1n) is 3.03. The van der Waals surface area contributed by atoms with Crippen LogP contribution in [-0.4, -0.2) is 0 Å². The van der Waals surface area contributed by atoms with Crippen molar-refractivity contribution in [1.82, 2.24) is 0 Å². The fraction of sp³-hybridized carbons (Fsp3) is 0. The Labute approximate surface area is 67.8 Å². The van der Waals surface area contributed by atoms with Crippen molar-refractivity contribution in [3.05, 3.63) is 34.3 Å². The van der Waals surface area contributed by atoms with Crippen LogP contribution < -0.4 is 0 Å². The van der Waals surface area contributed by atoms with Gasteiger partial charge in [-0.3, -0.25) is 0 Å². The lowest BCUT2D eigenvalue weighted by molar-refractivity contribution is 1.89. The van der Waals surface area contributed by atoms with E-state index in [-0.39, 0.29) is 0 Å². The molecule has 0 aromatic carbocycles. The molecule has 0 amide bonds. The van der Waals surface area contributed by atoms with E-state index in [4.69, 9.17) is 0 Å². The molecule has 2 heteroatoms. The van der Waals surface area contributed by atoms with Crippen LogP contribution >= 0.6 is 22.7 Å². The van der Waals surface area contributed by atoms with Crippen LogP contribution in [0.4, 0.5) is 0 Å². The van der Waals surface area contributed by atoms with Gasteiger partial charge in [-0.2, -0.15) is 11.3 Å². The van der Waals surface area contributed by atoms with Gasteiger partial charge < -0.3 is 0 Å². The molecule has 2 rings (SSSR count). The second kappa shape index (κ2) is 2.56. The largest absolute Gasteiger partial charge is 0.152 e. The van der Waals surface area contributed by atoms with E-state index in [0.717, 1.165) is 0 Å². The summed E-state index contributed by atoms with van der Waals surface area (Å²) in [5.74, 6) is 0. The van der Waals surface area contributed by atoms with Crippen LogP contribution in [0.5, 0.6) is 0 Å². The molecule has 0 saturated heterocycles. The smallest absolute Gasteiger partial charge is 0.0351 e. The molecule has 0 atom stereocenters. The fourth-order valence-corrected chi connectivity index (χ4v) is 2.30. The molecule has 0 spiro atoms. The standard InChI is InChI=1S/C8H6S2/c1-2-8(10-4-1)7-3-5-9-6-7/h1-6H. The van der Waals surface area contributed by atoms with Crippen LogP contribution in [0.3, 0.4) is 0 Å². The normalized spacial score (nSPS) is 10.0. The average Bonchev–Trinajstić information content (AvgIpc) is 2.59. The summed E-state index contributed by atoms with van der Waals surface area (Å²) in [4.78, 5) is 1.36. The zero-order valence-electron chi connectivity index (χ0n) is 5.28. The Bertz CT molecular complexity index is 247. The molecule has 10 heavy (non-hydrogen) atoms. The lowest BCUT2D eigenvalue weighted by Crippen LogP contribution is -1.58. The maximum atomic E-state index is 2.17. The van der Waals surface area contributed by atoms with Crippen LogP contribution in [0.2, 0.25) is 0 Å². The third-order valence-corrected chi connectivity index (χ3v) is 2.93. The number of thiophene rings is 2. The van der Waals surface area contributed by atoms with Gasteiger partial charge in [0.05, 0.1) is 0 Å². The number of rotatable bonds is 1. The molecular weight excluding hydrogens is 160 g/mol. The van der Waals surface area contributed by atoms with Gasteiger partial charge in [0.15, 0.2) is 0 Å². The third-order valence-electron chi connectivity index (χ3n) is 1.33.